The van der Waals surface area contributed by atoms with E-state index in [2.05, 4.69) is 0 Å². The quantitative estimate of drug-likeness (QED) is 0.772. The van der Waals surface area contributed by atoms with Crippen molar-refractivity contribution in [3.05, 3.63) is 0 Å². The summed E-state index contributed by atoms with van der Waals surface area (Å²) in [7, 11) is 0. The van der Waals surface area contributed by atoms with Crippen LogP contribution in [0.5, 0.6) is 0 Å². The first kappa shape index (κ1) is 11.9. The van der Waals surface area contributed by atoms with Gasteiger partial charge in [-0.05, 0) is 19.3 Å². The van der Waals surface area contributed by atoms with Crippen molar-refractivity contribution < 1.29 is 9.53 Å². The number of nitrogens with two attached hydrogens (primary N) is 1. The van der Waals surface area contributed by atoms with Gasteiger partial charge in [-0.1, -0.05) is 6.42 Å². The van der Waals surface area contributed by atoms with E-state index in [1.807, 2.05) is 4.90 Å². The molecule has 0 saturated carbocycles. The average Bonchev–Trinajstić information content (AvgIpc) is 2.73. The highest BCUT2D eigenvalue weighted by molar-refractivity contribution is 5.76. The first-order valence-electron chi connectivity index (χ1n) is 6.38. The standard InChI is InChI=1S/C12H22N2O2/c13-11(10-5-7-16-9-10)8-14-6-3-1-2-4-12(14)15/h10-11H,1-9,13H2. The average molecular weight is 226 g/mol. The summed E-state index contributed by atoms with van der Waals surface area (Å²) in [4.78, 5) is 13.8. The van der Waals surface area contributed by atoms with Crippen LogP contribution in [0.2, 0.25) is 0 Å². The maximum atomic E-state index is 11.8. The minimum atomic E-state index is 0.0875. The maximum Gasteiger partial charge on any atom is 0.222 e. The van der Waals surface area contributed by atoms with Crippen LogP contribution in [-0.2, 0) is 9.53 Å². The van der Waals surface area contributed by atoms with E-state index in [-0.39, 0.29) is 11.9 Å². The van der Waals surface area contributed by atoms with E-state index in [0.717, 1.165) is 39.0 Å². The molecule has 2 heterocycles. The molecule has 1 amide bonds. The molecule has 0 radical (unpaired) electrons. The van der Waals surface area contributed by atoms with Gasteiger partial charge in [-0.3, -0.25) is 4.79 Å². The summed E-state index contributed by atoms with van der Waals surface area (Å²) < 4.78 is 5.34. The molecule has 0 aliphatic carbocycles. The van der Waals surface area contributed by atoms with Crippen LogP contribution in [0.25, 0.3) is 0 Å². The van der Waals surface area contributed by atoms with Gasteiger partial charge in [0.1, 0.15) is 0 Å². The van der Waals surface area contributed by atoms with Crippen molar-refractivity contribution in [2.45, 2.75) is 38.1 Å². The topological polar surface area (TPSA) is 55.6 Å². The van der Waals surface area contributed by atoms with Crippen LogP contribution in [0.1, 0.15) is 32.1 Å². The molecule has 2 rings (SSSR count). The van der Waals surface area contributed by atoms with Gasteiger partial charge in [0.15, 0.2) is 0 Å². The van der Waals surface area contributed by atoms with Gasteiger partial charge < -0.3 is 15.4 Å². The number of likely N-dealkylation sites (tertiary alicyclic amines) is 1. The summed E-state index contributed by atoms with van der Waals surface area (Å²) in [5.74, 6) is 0.725. The van der Waals surface area contributed by atoms with Crippen LogP contribution in [0.3, 0.4) is 0 Å². The predicted octanol–water partition coefficient (Wildman–Crippen LogP) is 0.753. The van der Waals surface area contributed by atoms with Crippen LogP contribution in [0.4, 0.5) is 0 Å². The third kappa shape index (κ3) is 2.95. The molecule has 2 aliphatic rings. The Balaban J connectivity index is 1.83. The first-order valence-corrected chi connectivity index (χ1v) is 6.38. The van der Waals surface area contributed by atoms with Gasteiger partial charge in [0.05, 0.1) is 6.61 Å². The second-order valence-electron chi connectivity index (χ2n) is 4.94. The fourth-order valence-electron chi connectivity index (χ4n) is 2.53. The lowest BCUT2D eigenvalue weighted by Crippen LogP contribution is -2.44. The zero-order valence-electron chi connectivity index (χ0n) is 9.86. The van der Waals surface area contributed by atoms with E-state index in [4.69, 9.17) is 10.5 Å². The Morgan fingerprint density at radius 2 is 2.31 bits per heavy atom. The van der Waals surface area contributed by atoms with Gasteiger partial charge in [-0.2, -0.15) is 0 Å². The molecular weight excluding hydrogens is 204 g/mol. The molecule has 2 saturated heterocycles. The molecule has 2 atom stereocenters. The molecule has 0 bridgehead atoms. The monoisotopic (exact) mass is 226 g/mol. The normalized spacial score (nSPS) is 29.2. The van der Waals surface area contributed by atoms with Gasteiger partial charge in [0, 0.05) is 38.1 Å². The van der Waals surface area contributed by atoms with Gasteiger partial charge in [0.25, 0.3) is 0 Å². The highest BCUT2D eigenvalue weighted by Crippen LogP contribution is 2.18. The van der Waals surface area contributed by atoms with E-state index in [1.54, 1.807) is 0 Å². The number of carbonyl (C=O) groups excluding carboxylic acids is 1. The predicted molar refractivity (Wildman–Crippen MR) is 61.9 cm³/mol. The highest BCUT2D eigenvalue weighted by atomic mass is 16.5. The van der Waals surface area contributed by atoms with Crippen LogP contribution >= 0.6 is 0 Å². The molecular formula is C12H22N2O2. The third-order valence-electron chi connectivity index (χ3n) is 3.67. The van der Waals surface area contributed by atoms with Crippen LogP contribution < -0.4 is 5.73 Å². The molecule has 0 spiro atoms. The lowest BCUT2D eigenvalue weighted by atomic mass is 9.99. The number of ether oxygens (including phenoxy) is 1. The Morgan fingerprint density at radius 3 is 3.06 bits per heavy atom. The number of hydrogen-bond acceptors (Lipinski definition) is 3. The second kappa shape index (κ2) is 5.64. The summed E-state index contributed by atoms with van der Waals surface area (Å²) >= 11 is 0. The van der Waals surface area contributed by atoms with E-state index >= 15 is 0 Å². The Labute approximate surface area is 97.1 Å². The zero-order valence-corrected chi connectivity index (χ0v) is 9.86. The molecule has 0 aromatic heterocycles. The van der Waals surface area contributed by atoms with Crippen LogP contribution in [0.15, 0.2) is 0 Å². The Kier molecular flexibility index (Phi) is 4.18. The van der Waals surface area contributed by atoms with E-state index in [9.17, 15) is 4.79 Å². The molecule has 16 heavy (non-hydrogen) atoms. The largest absolute Gasteiger partial charge is 0.381 e. The van der Waals surface area contributed by atoms with Crippen molar-refractivity contribution in [2.24, 2.45) is 11.7 Å². The van der Waals surface area contributed by atoms with Crippen molar-refractivity contribution in [2.75, 3.05) is 26.3 Å². The third-order valence-corrected chi connectivity index (χ3v) is 3.67. The summed E-state index contributed by atoms with van der Waals surface area (Å²) in [5, 5.41) is 0. The van der Waals surface area contributed by atoms with Crippen LogP contribution in [0, 0.1) is 5.92 Å². The summed E-state index contributed by atoms with van der Waals surface area (Å²) in [6.07, 6.45) is 5.08. The number of carbonyl (C=O) groups is 1. The van der Waals surface area contributed by atoms with E-state index in [1.165, 1.54) is 6.42 Å². The van der Waals surface area contributed by atoms with Gasteiger partial charge in [-0.25, -0.2) is 0 Å². The first-order chi connectivity index (χ1) is 7.77. The zero-order chi connectivity index (χ0) is 11.4. The summed E-state index contributed by atoms with van der Waals surface area (Å²) in [5.41, 5.74) is 6.15. The molecule has 0 aromatic carbocycles. The minimum absolute atomic E-state index is 0.0875. The molecule has 4 nitrogen and oxygen atoms in total. The van der Waals surface area contributed by atoms with Gasteiger partial charge in [0.2, 0.25) is 5.91 Å². The molecule has 92 valence electrons. The van der Waals surface area contributed by atoms with Crippen LogP contribution in [-0.4, -0.2) is 43.2 Å². The number of amides is 1. The summed E-state index contributed by atoms with van der Waals surface area (Å²) in [6, 6.07) is 0.0875. The second-order valence-corrected chi connectivity index (χ2v) is 4.94. The van der Waals surface area contributed by atoms with Gasteiger partial charge in [-0.15, -0.1) is 0 Å². The molecule has 2 aliphatic heterocycles. The molecule has 0 aromatic rings. The fraction of sp³-hybridized carbons (Fsp3) is 0.917. The van der Waals surface area contributed by atoms with Crippen molar-refractivity contribution in [3.8, 4) is 0 Å². The van der Waals surface area contributed by atoms with Crippen molar-refractivity contribution in [1.29, 1.82) is 0 Å². The van der Waals surface area contributed by atoms with E-state index in [0.29, 0.717) is 18.9 Å². The Morgan fingerprint density at radius 1 is 1.44 bits per heavy atom. The number of nitrogens with zero attached hydrogens (tertiary/aromatic N) is 1. The lowest BCUT2D eigenvalue weighted by Gasteiger charge is -2.27. The fourth-order valence-corrected chi connectivity index (χ4v) is 2.53. The highest BCUT2D eigenvalue weighted by Gasteiger charge is 2.26. The molecule has 2 unspecified atom stereocenters. The smallest absolute Gasteiger partial charge is 0.222 e. The van der Waals surface area contributed by atoms with Crippen molar-refractivity contribution >= 4 is 5.91 Å². The maximum absolute atomic E-state index is 11.8. The minimum Gasteiger partial charge on any atom is -0.381 e. The van der Waals surface area contributed by atoms with E-state index < -0.39 is 0 Å². The molecule has 2 fully saturated rings. The Hall–Kier alpha value is -0.610. The SMILES string of the molecule is NC(CN1CCCCCC1=O)C1CCOC1. The van der Waals surface area contributed by atoms with Crippen molar-refractivity contribution in [3.63, 3.8) is 0 Å². The van der Waals surface area contributed by atoms with Crippen molar-refractivity contribution in [1.82, 2.24) is 4.90 Å². The Bertz CT molecular complexity index is 239. The van der Waals surface area contributed by atoms with Gasteiger partial charge >= 0.3 is 0 Å². The number of hydrogen-bond donors (Lipinski definition) is 1. The summed E-state index contributed by atoms with van der Waals surface area (Å²) in [6.45, 7) is 3.20. The lowest BCUT2D eigenvalue weighted by molar-refractivity contribution is -0.131. The molecule has 2 N–H and O–H groups in total. The molecule has 4 heteroatoms. The number of rotatable bonds is 3.